The highest BCUT2D eigenvalue weighted by molar-refractivity contribution is 8.22. The van der Waals surface area contributed by atoms with Crippen molar-refractivity contribution in [2.24, 2.45) is 0 Å². The van der Waals surface area contributed by atoms with E-state index in [0.717, 1.165) is 124 Å². The van der Waals surface area contributed by atoms with Gasteiger partial charge in [0.1, 0.15) is 5.00 Å². The van der Waals surface area contributed by atoms with Crippen LogP contribution >= 0.6 is 45.8 Å². The molecule has 1 aliphatic heterocycles. The number of hydrogen-bond acceptors (Lipinski definition) is 7. The van der Waals surface area contributed by atoms with E-state index in [9.17, 15) is 9.90 Å². The molecule has 0 radical (unpaired) electrons. The first-order valence-electron chi connectivity index (χ1n) is 24.3. The smallest absolute Gasteiger partial charge is 0.251 e. The Hall–Kier alpha value is -5.51. The van der Waals surface area contributed by atoms with Gasteiger partial charge >= 0.3 is 0 Å². The van der Waals surface area contributed by atoms with Crippen molar-refractivity contribution < 1.29 is 9.90 Å². The molecule has 0 saturated heterocycles. The Morgan fingerprint density at radius 1 is 0.544 bits per heavy atom. The van der Waals surface area contributed by atoms with Crippen LogP contribution in [0.4, 0.5) is 27.8 Å². The van der Waals surface area contributed by atoms with E-state index in [0.29, 0.717) is 11.1 Å². The molecular weight excluding hydrogens is 909 g/mol. The molecule has 346 valence electrons. The van der Waals surface area contributed by atoms with Crippen LogP contribution in [-0.2, 0) is 17.6 Å². The molecule has 0 saturated carbocycles. The lowest BCUT2D eigenvalue weighted by molar-refractivity contribution is -0.292. The lowest BCUT2D eigenvalue weighted by Crippen LogP contribution is -2.32. The summed E-state index contributed by atoms with van der Waals surface area (Å²) in [6.07, 6.45) is 15.0. The summed E-state index contributed by atoms with van der Waals surface area (Å²) >= 11 is 6.73. The fourth-order valence-electron chi connectivity index (χ4n) is 8.93. The second kappa shape index (κ2) is 21.4. The Balaban J connectivity index is 1.11. The van der Waals surface area contributed by atoms with Crippen LogP contribution in [0.2, 0.25) is 0 Å². The fraction of sp³-hybridized carbons (Fsp3) is 0.267. The zero-order chi connectivity index (χ0) is 47.3. The monoisotopic (exact) mass is 968 g/mol. The predicted molar refractivity (Wildman–Crippen MR) is 295 cm³/mol. The molecule has 4 nitrogen and oxygen atoms in total. The van der Waals surface area contributed by atoms with Gasteiger partial charge < -0.3 is 10.0 Å². The minimum Gasteiger partial charge on any atom is -0.871 e. The number of anilines is 3. The summed E-state index contributed by atoms with van der Waals surface area (Å²) in [4.78, 5) is 21.3. The summed E-state index contributed by atoms with van der Waals surface area (Å²) < 4.78 is 4.28. The molecule has 0 spiro atoms. The lowest BCUT2D eigenvalue weighted by Gasteiger charge is -2.30. The van der Waals surface area contributed by atoms with Gasteiger partial charge in [0.2, 0.25) is 11.4 Å². The van der Waals surface area contributed by atoms with Crippen LogP contribution < -0.4 is 23.6 Å². The maximum Gasteiger partial charge on any atom is 0.251 e. The molecule has 2 aliphatic rings. The summed E-state index contributed by atoms with van der Waals surface area (Å²) in [7, 11) is 0. The quantitative estimate of drug-likeness (QED) is 0.0674. The zero-order valence-electron chi connectivity index (χ0n) is 40.1. The Morgan fingerprint density at radius 2 is 1.09 bits per heavy atom. The van der Waals surface area contributed by atoms with Gasteiger partial charge in [0, 0.05) is 81.5 Å². The molecule has 68 heavy (non-hydrogen) atoms. The molecule has 4 aromatic carbocycles. The minimum absolute atomic E-state index is 0.102. The van der Waals surface area contributed by atoms with Crippen molar-refractivity contribution in [1.82, 2.24) is 4.58 Å². The summed E-state index contributed by atoms with van der Waals surface area (Å²) in [6.45, 7) is 12.9. The number of thioether (sulfide) groups is 1. The number of rotatable bonds is 17. The molecular formula is C60H60N2O2S4. The first kappa shape index (κ1) is 47.6. The first-order chi connectivity index (χ1) is 33.1. The third kappa shape index (κ3) is 10.3. The Labute approximate surface area is 419 Å². The van der Waals surface area contributed by atoms with Crippen LogP contribution in [0.1, 0.15) is 103 Å². The molecule has 0 N–H and O–H groups in total. The molecule has 0 atom stereocenters. The van der Waals surface area contributed by atoms with Gasteiger partial charge in [-0.1, -0.05) is 129 Å². The second-order valence-electron chi connectivity index (χ2n) is 18.2. The van der Waals surface area contributed by atoms with Crippen molar-refractivity contribution in [3.63, 3.8) is 0 Å². The molecule has 8 heteroatoms. The third-order valence-corrected chi connectivity index (χ3v) is 17.8. The van der Waals surface area contributed by atoms with Gasteiger partial charge in [-0.25, -0.2) is 0 Å². The van der Waals surface area contributed by atoms with Crippen molar-refractivity contribution in [1.29, 1.82) is 0 Å². The van der Waals surface area contributed by atoms with E-state index in [1.807, 2.05) is 0 Å². The fourth-order valence-corrected chi connectivity index (χ4v) is 13.7. The predicted octanol–water partition coefficient (Wildman–Crippen LogP) is 15.3. The summed E-state index contributed by atoms with van der Waals surface area (Å²) in [5, 5.41) is 17.0. The molecule has 9 rings (SSSR count). The van der Waals surface area contributed by atoms with Gasteiger partial charge in [-0.2, -0.15) is 0 Å². The maximum absolute atomic E-state index is 14.7. The van der Waals surface area contributed by atoms with Crippen molar-refractivity contribution in [3.8, 4) is 9.75 Å². The van der Waals surface area contributed by atoms with Gasteiger partial charge in [0.25, 0.3) is 5.04 Å². The van der Waals surface area contributed by atoms with E-state index in [2.05, 4.69) is 184 Å². The number of Topliss-reactive ketones (excluding diaryl/α,β-unsaturated/α-hetero) is 1. The molecule has 4 heterocycles. The number of carbonyl (C=O) groups is 1. The highest BCUT2D eigenvalue weighted by Crippen LogP contribution is 2.48. The highest BCUT2D eigenvalue weighted by Gasteiger charge is 2.34. The topological polar surface area (TPSA) is 46.4 Å². The number of ketones is 1. The largest absolute Gasteiger partial charge is 0.871 e. The molecule has 0 amide bonds. The van der Waals surface area contributed by atoms with E-state index < -0.39 is 0 Å². The van der Waals surface area contributed by atoms with Crippen molar-refractivity contribution >= 4 is 100 Å². The zero-order valence-corrected chi connectivity index (χ0v) is 43.4. The van der Waals surface area contributed by atoms with Crippen molar-refractivity contribution in [3.05, 3.63) is 187 Å². The van der Waals surface area contributed by atoms with Gasteiger partial charge in [0.05, 0.1) is 0 Å². The van der Waals surface area contributed by atoms with Crippen LogP contribution in [0.5, 0.6) is 0 Å². The summed E-state index contributed by atoms with van der Waals surface area (Å²) in [5.41, 5.74) is 12.3. The molecule has 0 fully saturated rings. The van der Waals surface area contributed by atoms with Gasteiger partial charge in [-0.15, -0.1) is 38.6 Å². The maximum atomic E-state index is 14.7. The first-order valence-corrected chi connectivity index (χ1v) is 27.5. The highest BCUT2D eigenvalue weighted by atomic mass is 32.2. The molecule has 0 unspecified atom stereocenters. The summed E-state index contributed by atoms with van der Waals surface area (Å²) in [5.74, 6) is -0.204. The van der Waals surface area contributed by atoms with E-state index in [1.54, 1.807) is 45.8 Å². The Kier molecular flexibility index (Phi) is 15.0. The second-order valence-corrected chi connectivity index (χ2v) is 22.5. The van der Waals surface area contributed by atoms with E-state index >= 15 is 0 Å². The number of thiophene rings is 3. The average molecular weight is 969 g/mol. The van der Waals surface area contributed by atoms with Crippen molar-refractivity contribution in [2.75, 3.05) is 4.90 Å². The Morgan fingerprint density at radius 3 is 1.63 bits per heavy atom. The van der Waals surface area contributed by atoms with Crippen LogP contribution in [0.15, 0.2) is 139 Å². The van der Waals surface area contributed by atoms with Crippen LogP contribution in [0.25, 0.3) is 25.8 Å². The lowest BCUT2D eigenvalue weighted by atomic mass is 9.84. The number of nitrogens with zero attached hydrogens (tertiary/aromatic N) is 2. The molecule has 3 aromatic heterocycles. The van der Waals surface area contributed by atoms with Crippen LogP contribution in [0, 0.1) is 27.7 Å². The number of aryl methyl sites for hydroxylation is 6. The van der Waals surface area contributed by atoms with E-state index in [1.165, 1.54) is 35.1 Å². The average Bonchev–Trinajstić information content (AvgIpc) is 4.18. The van der Waals surface area contributed by atoms with E-state index in [4.69, 9.17) is 0 Å². The normalized spacial score (nSPS) is 15.1. The number of allylic oxidation sites excluding steroid dienone is 2. The number of benzene rings is 4. The van der Waals surface area contributed by atoms with Crippen molar-refractivity contribution in [2.45, 2.75) is 106 Å². The molecule has 1 aliphatic carbocycles. The Bertz CT molecular complexity index is 3070. The number of hydrogen-bond donors (Lipinski definition) is 0. The van der Waals surface area contributed by atoms with Crippen LogP contribution in [-0.4, -0.2) is 10.8 Å². The standard InChI is InChI=1S/C60H60N2O2S4/c1-7-9-11-13-15-43-37-51(49-33-35-53(65-49)61(45-25-17-39(3)18-26-45)46-27-19-40(4)20-28-46)67-59(43)55-57(63)56(58(55)64)60-44(16-14-12-10-8-2)38-52(68-60)50-34-36-54(66-50)62(47-29-21-41(5)22-30-47)48-31-23-42(6)24-32-48/h17-38H,7-16H2,1-6H3. The van der Waals surface area contributed by atoms with Gasteiger partial charge in [0.15, 0.2) is 5.78 Å². The third-order valence-electron chi connectivity index (χ3n) is 12.9. The number of unbranched alkanes of at least 4 members (excludes halogenated alkanes) is 6. The van der Waals surface area contributed by atoms with Crippen LogP contribution in [0.3, 0.4) is 0 Å². The molecule has 0 bridgehead atoms. The summed E-state index contributed by atoms with van der Waals surface area (Å²) in [6, 6.07) is 43.7. The van der Waals surface area contributed by atoms with Gasteiger partial charge in [-0.3, -0.25) is 4.79 Å². The molecule has 7 aromatic rings. The SMILES string of the molecule is CCCCCCc1cc(-c2ccc(N(c3ccc(C)cc3)c3ccc(C)cc3)s2)sc1C1=C([O-])/C(=c2/s/c(=C3\C=CC(=[N+](c4ccc(C)cc4)c4ccc(C)cc4)S3)cc2CCCCCC)C1=O. The minimum atomic E-state index is -0.102. The number of carbonyl (C=O) groups excluding carboxylic acids is 1. The van der Waals surface area contributed by atoms with Gasteiger partial charge in [-0.05, 0) is 131 Å². The van der Waals surface area contributed by atoms with E-state index in [-0.39, 0.29) is 11.5 Å².